The van der Waals surface area contributed by atoms with Crippen LogP contribution in [0.25, 0.3) is 21.8 Å². The summed E-state index contributed by atoms with van der Waals surface area (Å²) in [7, 11) is 4.20. The van der Waals surface area contributed by atoms with Crippen LogP contribution in [0, 0.1) is 0 Å². The highest BCUT2D eigenvalue weighted by Gasteiger charge is 2.58. The Morgan fingerprint density at radius 1 is 0.862 bits per heavy atom. The second-order valence-electron chi connectivity index (χ2n) is 8.64. The topological polar surface area (TPSA) is 29.8 Å². The SMILES string of the molecule is CN1c2ccccc2C(C)(C)C12C=Nc1c(ccc3c4ccccc4n(C)c13)O2. The molecule has 1 aromatic heterocycles. The van der Waals surface area contributed by atoms with E-state index >= 15 is 0 Å². The molecular weight excluding hydrogens is 358 g/mol. The zero-order valence-electron chi connectivity index (χ0n) is 17.1. The van der Waals surface area contributed by atoms with Crippen molar-refractivity contribution in [2.75, 3.05) is 11.9 Å². The summed E-state index contributed by atoms with van der Waals surface area (Å²) in [4.78, 5) is 7.25. The molecule has 0 saturated carbocycles. The highest BCUT2D eigenvalue weighted by molar-refractivity contribution is 6.13. The van der Waals surface area contributed by atoms with E-state index in [1.807, 2.05) is 6.21 Å². The summed E-state index contributed by atoms with van der Waals surface area (Å²) in [6.07, 6.45) is 2.01. The molecule has 4 nitrogen and oxygen atoms in total. The quantitative estimate of drug-likeness (QED) is 0.400. The number of hydrogen-bond acceptors (Lipinski definition) is 3. The van der Waals surface area contributed by atoms with Crippen molar-refractivity contribution in [3.05, 3.63) is 66.2 Å². The average Bonchev–Trinajstić information content (AvgIpc) is 3.12. The first-order chi connectivity index (χ1) is 14.0. The van der Waals surface area contributed by atoms with Gasteiger partial charge in [-0.15, -0.1) is 0 Å². The Morgan fingerprint density at radius 3 is 2.45 bits per heavy atom. The van der Waals surface area contributed by atoms with Gasteiger partial charge in [-0.05, 0) is 43.7 Å². The Balaban J connectivity index is 1.60. The first kappa shape index (κ1) is 16.7. The van der Waals surface area contributed by atoms with Crippen LogP contribution in [-0.2, 0) is 12.5 Å². The van der Waals surface area contributed by atoms with Crippen LogP contribution in [0.2, 0.25) is 0 Å². The van der Waals surface area contributed by atoms with Gasteiger partial charge >= 0.3 is 0 Å². The molecule has 2 aliphatic rings. The van der Waals surface area contributed by atoms with Crippen molar-refractivity contribution >= 4 is 39.4 Å². The van der Waals surface area contributed by atoms with Gasteiger partial charge in [0.05, 0.1) is 17.1 Å². The lowest BCUT2D eigenvalue weighted by molar-refractivity contribution is 0.0826. The fourth-order valence-corrected chi connectivity index (χ4v) is 5.32. The highest BCUT2D eigenvalue weighted by atomic mass is 16.5. The molecule has 3 aromatic carbocycles. The van der Waals surface area contributed by atoms with Crippen LogP contribution in [0.15, 0.2) is 65.7 Å². The Kier molecular flexibility index (Phi) is 2.99. The summed E-state index contributed by atoms with van der Waals surface area (Å²) in [5.41, 5.74) is 4.81. The predicted octanol–water partition coefficient (Wildman–Crippen LogP) is 5.55. The van der Waals surface area contributed by atoms with Crippen LogP contribution in [0.1, 0.15) is 19.4 Å². The molecule has 0 aliphatic carbocycles. The number of benzene rings is 3. The third-order valence-electron chi connectivity index (χ3n) is 6.97. The highest BCUT2D eigenvalue weighted by Crippen LogP contribution is 2.54. The third kappa shape index (κ3) is 1.82. The van der Waals surface area contributed by atoms with Crippen LogP contribution in [0.3, 0.4) is 0 Å². The zero-order valence-corrected chi connectivity index (χ0v) is 17.1. The van der Waals surface area contributed by atoms with Crippen molar-refractivity contribution in [1.82, 2.24) is 4.57 Å². The van der Waals surface area contributed by atoms with E-state index in [1.165, 1.54) is 27.5 Å². The Labute approximate surface area is 170 Å². The molecule has 0 saturated heterocycles. The van der Waals surface area contributed by atoms with E-state index in [1.54, 1.807) is 0 Å². The molecule has 1 atom stereocenters. The molecule has 6 rings (SSSR count). The second kappa shape index (κ2) is 5.20. The molecule has 1 spiro atoms. The van der Waals surface area contributed by atoms with E-state index in [2.05, 4.69) is 98.1 Å². The fraction of sp³-hybridized carbons (Fsp3) is 0.240. The van der Waals surface area contributed by atoms with Crippen molar-refractivity contribution in [1.29, 1.82) is 0 Å². The Morgan fingerprint density at radius 2 is 1.62 bits per heavy atom. The van der Waals surface area contributed by atoms with Gasteiger partial charge in [-0.1, -0.05) is 36.4 Å². The van der Waals surface area contributed by atoms with E-state index < -0.39 is 5.72 Å². The van der Waals surface area contributed by atoms with E-state index in [0.717, 1.165) is 17.0 Å². The number of aryl methyl sites for hydroxylation is 1. The van der Waals surface area contributed by atoms with Crippen molar-refractivity contribution in [3.8, 4) is 5.75 Å². The Hall–Kier alpha value is -3.27. The average molecular weight is 381 g/mol. The van der Waals surface area contributed by atoms with Gasteiger partial charge in [0, 0.05) is 36.1 Å². The fourth-order valence-electron chi connectivity index (χ4n) is 5.32. The number of fused-ring (bicyclic) bond motifs is 6. The second-order valence-corrected chi connectivity index (χ2v) is 8.64. The molecule has 0 fully saturated rings. The maximum atomic E-state index is 6.81. The molecular formula is C25H23N3O. The summed E-state index contributed by atoms with van der Waals surface area (Å²) in [6, 6.07) is 21.3. The third-order valence-corrected chi connectivity index (χ3v) is 6.97. The molecule has 144 valence electrons. The smallest absolute Gasteiger partial charge is 0.228 e. The lowest BCUT2D eigenvalue weighted by Crippen LogP contribution is -2.61. The van der Waals surface area contributed by atoms with Crippen molar-refractivity contribution in [2.45, 2.75) is 25.0 Å². The number of likely N-dealkylation sites (N-methyl/N-ethyl adjacent to an activating group) is 1. The van der Waals surface area contributed by atoms with Crippen molar-refractivity contribution in [3.63, 3.8) is 0 Å². The van der Waals surface area contributed by atoms with Gasteiger partial charge in [0.15, 0.2) is 5.75 Å². The molecule has 4 aromatic rings. The number of ether oxygens (including phenoxy) is 1. The van der Waals surface area contributed by atoms with Gasteiger partial charge in [0.2, 0.25) is 5.72 Å². The normalized spacial score (nSPS) is 21.6. The van der Waals surface area contributed by atoms with E-state index in [9.17, 15) is 0 Å². The summed E-state index contributed by atoms with van der Waals surface area (Å²) in [5.74, 6) is 0.832. The lowest BCUT2D eigenvalue weighted by atomic mass is 9.77. The number of aliphatic imine (C=N–C) groups is 1. The number of nitrogens with zero attached hydrogens (tertiary/aromatic N) is 3. The first-order valence-electron chi connectivity index (χ1n) is 10.0. The molecule has 1 unspecified atom stereocenters. The van der Waals surface area contributed by atoms with Crippen LogP contribution >= 0.6 is 0 Å². The van der Waals surface area contributed by atoms with Gasteiger partial charge in [-0.3, -0.25) is 0 Å². The summed E-state index contributed by atoms with van der Waals surface area (Å²) in [6.45, 7) is 4.48. The maximum absolute atomic E-state index is 6.81. The summed E-state index contributed by atoms with van der Waals surface area (Å²) >= 11 is 0. The van der Waals surface area contributed by atoms with E-state index in [0.29, 0.717) is 0 Å². The van der Waals surface area contributed by atoms with E-state index in [-0.39, 0.29) is 5.41 Å². The van der Waals surface area contributed by atoms with Crippen LogP contribution < -0.4 is 9.64 Å². The van der Waals surface area contributed by atoms with Gasteiger partial charge < -0.3 is 14.2 Å². The van der Waals surface area contributed by atoms with Gasteiger partial charge in [-0.25, -0.2) is 4.99 Å². The minimum atomic E-state index is -0.651. The minimum Gasteiger partial charge on any atom is -0.459 e. The van der Waals surface area contributed by atoms with Gasteiger partial charge in [-0.2, -0.15) is 0 Å². The number of anilines is 1. The molecule has 0 amide bonds. The summed E-state index contributed by atoms with van der Waals surface area (Å²) in [5, 5.41) is 2.45. The van der Waals surface area contributed by atoms with Crippen molar-refractivity contribution in [2.24, 2.45) is 12.0 Å². The number of rotatable bonds is 0. The largest absolute Gasteiger partial charge is 0.459 e. The maximum Gasteiger partial charge on any atom is 0.228 e. The number of hydrogen-bond donors (Lipinski definition) is 0. The standard InChI is InChI=1S/C25H23N3O/c1-24(2)18-10-6-8-12-20(18)28(4)25(24)15-26-22-21(29-25)14-13-17-16-9-5-7-11-19(16)27(3)23(17)22/h5-15H,1-4H3. The molecule has 0 radical (unpaired) electrons. The molecule has 2 aliphatic heterocycles. The number of aromatic nitrogens is 1. The molecule has 3 heterocycles. The van der Waals surface area contributed by atoms with Crippen molar-refractivity contribution < 1.29 is 4.74 Å². The molecule has 29 heavy (non-hydrogen) atoms. The van der Waals surface area contributed by atoms with Gasteiger partial charge in [0.25, 0.3) is 0 Å². The summed E-state index contributed by atoms with van der Waals surface area (Å²) < 4.78 is 9.04. The lowest BCUT2D eigenvalue weighted by Gasteiger charge is -2.44. The predicted molar refractivity (Wildman–Crippen MR) is 120 cm³/mol. The van der Waals surface area contributed by atoms with Crippen LogP contribution in [-0.4, -0.2) is 23.6 Å². The van der Waals surface area contributed by atoms with E-state index in [4.69, 9.17) is 9.73 Å². The molecule has 0 bridgehead atoms. The molecule has 0 N–H and O–H groups in total. The Bertz CT molecular complexity index is 1350. The zero-order chi connectivity index (χ0) is 20.0. The van der Waals surface area contributed by atoms with Crippen LogP contribution in [0.5, 0.6) is 5.75 Å². The minimum absolute atomic E-state index is 0.243. The monoisotopic (exact) mass is 381 g/mol. The number of para-hydroxylation sites is 2. The van der Waals surface area contributed by atoms with Gasteiger partial charge in [0.1, 0.15) is 5.69 Å². The molecule has 4 heteroatoms. The first-order valence-corrected chi connectivity index (χ1v) is 10.0. The van der Waals surface area contributed by atoms with Crippen LogP contribution in [0.4, 0.5) is 11.4 Å².